The molecule has 2 heterocycles. The lowest BCUT2D eigenvalue weighted by Gasteiger charge is -2.15. The summed E-state index contributed by atoms with van der Waals surface area (Å²) in [6.07, 6.45) is -0.625. The number of rotatable bonds is 5. The third-order valence-electron chi connectivity index (χ3n) is 4.27. The molecule has 1 atom stereocenters. The van der Waals surface area contributed by atoms with Crippen molar-refractivity contribution < 1.29 is 9.53 Å². The van der Waals surface area contributed by atoms with Crippen LogP contribution in [0.25, 0.3) is 16.9 Å². The van der Waals surface area contributed by atoms with Gasteiger partial charge < -0.3 is 10.1 Å². The summed E-state index contributed by atoms with van der Waals surface area (Å²) in [7, 11) is 0. The Morgan fingerprint density at radius 3 is 2.68 bits per heavy atom. The molecule has 0 radical (unpaired) electrons. The third-order valence-corrected chi connectivity index (χ3v) is 4.27. The molecule has 0 saturated carbocycles. The number of carbonyl (C=O) groups excluding carboxylic acids is 1. The maximum absolute atomic E-state index is 12.5. The van der Waals surface area contributed by atoms with Gasteiger partial charge in [-0.25, -0.2) is 0 Å². The summed E-state index contributed by atoms with van der Waals surface area (Å²) < 4.78 is 7.36. The topological polar surface area (TPSA) is 81.4 Å². The van der Waals surface area contributed by atoms with Gasteiger partial charge in [-0.2, -0.15) is 9.61 Å². The SMILES string of the molecule is Cc1nnc2ccc(-c3cccc(NC(=O)C(C)Oc4ccccc4)c3)nn12. The molecular weight excluding hydrogens is 354 g/mol. The molecule has 4 aromatic rings. The number of anilines is 1. The average molecular weight is 373 g/mol. The molecule has 7 nitrogen and oxygen atoms in total. The smallest absolute Gasteiger partial charge is 0.265 e. The van der Waals surface area contributed by atoms with E-state index in [9.17, 15) is 4.79 Å². The lowest BCUT2D eigenvalue weighted by Crippen LogP contribution is -2.30. The molecule has 2 aromatic heterocycles. The van der Waals surface area contributed by atoms with Crippen LogP contribution < -0.4 is 10.1 Å². The second kappa shape index (κ2) is 7.48. The van der Waals surface area contributed by atoms with Crippen LogP contribution >= 0.6 is 0 Å². The van der Waals surface area contributed by atoms with Crippen molar-refractivity contribution in [1.82, 2.24) is 19.8 Å². The first kappa shape index (κ1) is 17.7. The Morgan fingerprint density at radius 1 is 1.04 bits per heavy atom. The molecule has 1 N–H and O–H groups in total. The van der Waals surface area contributed by atoms with Crippen molar-refractivity contribution in [3.05, 3.63) is 72.6 Å². The molecular formula is C21H19N5O2. The quantitative estimate of drug-likeness (QED) is 0.579. The van der Waals surface area contributed by atoms with Gasteiger partial charge in [0.15, 0.2) is 17.6 Å². The van der Waals surface area contributed by atoms with Gasteiger partial charge in [-0.05, 0) is 50.2 Å². The molecule has 1 unspecified atom stereocenters. The van der Waals surface area contributed by atoms with E-state index >= 15 is 0 Å². The highest BCUT2D eigenvalue weighted by Gasteiger charge is 2.15. The predicted octanol–water partition coefficient (Wildman–Crippen LogP) is 3.51. The molecule has 4 rings (SSSR count). The maximum Gasteiger partial charge on any atom is 0.265 e. The Kier molecular flexibility index (Phi) is 4.72. The molecule has 140 valence electrons. The molecule has 28 heavy (non-hydrogen) atoms. The molecule has 1 amide bonds. The van der Waals surface area contributed by atoms with Gasteiger partial charge in [-0.1, -0.05) is 30.3 Å². The molecule has 7 heteroatoms. The molecule has 2 aromatic carbocycles. The van der Waals surface area contributed by atoms with Crippen molar-refractivity contribution in [2.75, 3.05) is 5.32 Å². The molecule has 0 aliphatic carbocycles. The van der Waals surface area contributed by atoms with E-state index in [-0.39, 0.29) is 5.91 Å². The summed E-state index contributed by atoms with van der Waals surface area (Å²) in [6.45, 7) is 3.57. The number of benzene rings is 2. The van der Waals surface area contributed by atoms with Crippen LogP contribution in [0.1, 0.15) is 12.7 Å². The van der Waals surface area contributed by atoms with E-state index in [4.69, 9.17) is 4.74 Å². The molecule has 0 saturated heterocycles. The fourth-order valence-electron chi connectivity index (χ4n) is 2.81. The number of carbonyl (C=O) groups is 1. The van der Waals surface area contributed by atoms with Gasteiger partial charge in [-0.3, -0.25) is 4.79 Å². The molecule has 0 spiro atoms. The number of aromatic nitrogens is 4. The number of hydrogen-bond acceptors (Lipinski definition) is 5. The summed E-state index contributed by atoms with van der Waals surface area (Å²) >= 11 is 0. The van der Waals surface area contributed by atoms with Crippen LogP contribution in [-0.2, 0) is 4.79 Å². The fourth-order valence-corrected chi connectivity index (χ4v) is 2.81. The van der Waals surface area contributed by atoms with Crippen molar-refractivity contribution in [3.8, 4) is 17.0 Å². The standard InChI is InChI=1S/C21H19N5O2/c1-14(28-18-9-4-3-5-10-18)21(27)22-17-8-6-7-16(13-17)19-11-12-20-24-23-15(2)26(20)25-19/h3-14H,1-2H3,(H,22,27). The normalized spacial score (nSPS) is 11.9. The second-order valence-electron chi connectivity index (χ2n) is 6.38. The van der Waals surface area contributed by atoms with Crippen LogP contribution in [0.2, 0.25) is 0 Å². The zero-order chi connectivity index (χ0) is 19.5. The van der Waals surface area contributed by atoms with Gasteiger partial charge >= 0.3 is 0 Å². The van der Waals surface area contributed by atoms with Crippen LogP contribution in [0.15, 0.2) is 66.7 Å². The van der Waals surface area contributed by atoms with E-state index in [1.165, 1.54) is 0 Å². The summed E-state index contributed by atoms with van der Waals surface area (Å²) in [5, 5.41) is 15.5. The Bertz CT molecular complexity index is 1120. The van der Waals surface area contributed by atoms with Crippen molar-refractivity contribution >= 4 is 17.2 Å². The largest absolute Gasteiger partial charge is 0.481 e. The number of nitrogens with one attached hydrogen (secondary N) is 1. The summed E-state index contributed by atoms with van der Waals surface area (Å²) in [4.78, 5) is 12.5. The van der Waals surface area contributed by atoms with Crippen molar-refractivity contribution in [2.45, 2.75) is 20.0 Å². The second-order valence-corrected chi connectivity index (χ2v) is 6.38. The van der Waals surface area contributed by atoms with Gasteiger partial charge in [0.25, 0.3) is 5.91 Å². The highest BCUT2D eigenvalue weighted by Crippen LogP contribution is 2.22. The summed E-state index contributed by atoms with van der Waals surface area (Å²) in [5.41, 5.74) is 3.01. The van der Waals surface area contributed by atoms with Gasteiger partial charge in [0, 0.05) is 11.3 Å². The first-order valence-electron chi connectivity index (χ1n) is 8.92. The highest BCUT2D eigenvalue weighted by atomic mass is 16.5. The van der Waals surface area contributed by atoms with Crippen LogP contribution in [-0.4, -0.2) is 31.8 Å². The molecule has 0 aliphatic heterocycles. The number of ether oxygens (including phenoxy) is 1. The lowest BCUT2D eigenvalue weighted by atomic mass is 10.1. The van der Waals surface area contributed by atoms with E-state index in [0.29, 0.717) is 22.9 Å². The van der Waals surface area contributed by atoms with E-state index in [1.807, 2.05) is 73.7 Å². The minimum atomic E-state index is -0.625. The molecule has 0 fully saturated rings. The number of aryl methyl sites for hydroxylation is 1. The predicted molar refractivity (Wildman–Crippen MR) is 106 cm³/mol. The van der Waals surface area contributed by atoms with Crippen LogP contribution in [0.5, 0.6) is 5.75 Å². The van der Waals surface area contributed by atoms with E-state index < -0.39 is 6.10 Å². The van der Waals surface area contributed by atoms with Crippen LogP contribution in [0.3, 0.4) is 0 Å². The van der Waals surface area contributed by atoms with Crippen molar-refractivity contribution in [3.63, 3.8) is 0 Å². The minimum Gasteiger partial charge on any atom is -0.481 e. The van der Waals surface area contributed by atoms with Gasteiger partial charge in [-0.15, -0.1) is 10.2 Å². The maximum atomic E-state index is 12.5. The fraction of sp³-hybridized carbons (Fsp3) is 0.143. The van der Waals surface area contributed by atoms with E-state index in [0.717, 1.165) is 11.3 Å². The van der Waals surface area contributed by atoms with Crippen LogP contribution in [0, 0.1) is 6.92 Å². The number of fused-ring (bicyclic) bond motifs is 1. The van der Waals surface area contributed by atoms with Crippen LogP contribution in [0.4, 0.5) is 5.69 Å². The van der Waals surface area contributed by atoms with Gasteiger partial charge in [0.2, 0.25) is 0 Å². The first-order valence-corrected chi connectivity index (χ1v) is 8.92. The number of amides is 1. The van der Waals surface area contributed by atoms with E-state index in [2.05, 4.69) is 20.6 Å². The Labute approximate surface area is 162 Å². The Hall–Kier alpha value is -3.74. The first-order chi connectivity index (χ1) is 13.6. The lowest BCUT2D eigenvalue weighted by molar-refractivity contribution is -0.122. The monoisotopic (exact) mass is 373 g/mol. The van der Waals surface area contributed by atoms with Crippen molar-refractivity contribution in [1.29, 1.82) is 0 Å². The van der Waals surface area contributed by atoms with Gasteiger partial charge in [0.05, 0.1) is 5.69 Å². The summed E-state index contributed by atoms with van der Waals surface area (Å²) in [5.74, 6) is 1.15. The molecule has 0 aliphatic rings. The molecule has 0 bridgehead atoms. The third kappa shape index (κ3) is 3.68. The van der Waals surface area contributed by atoms with Crippen molar-refractivity contribution in [2.24, 2.45) is 0 Å². The number of hydrogen-bond donors (Lipinski definition) is 1. The van der Waals surface area contributed by atoms with E-state index in [1.54, 1.807) is 11.4 Å². The zero-order valence-corrected chi connectivity index (χ0v) is 15.5. The van der Waals surface area contributed by atoms with Gasteiger partial charge in [0.1, 0.15) is 5.75 Å². The Morgan fingerprint density at radius 2 is 1.86 bits per heavy atom. The average Bonchev–Trinajstić information content (AvgIpc) is 3.09. The Balaban J connectivity index is 1.51. The number of para-hydroxylation sites is 1. The summed E-state index contributed by atoms with van der Waals surface area (Å²) in [6, 6.07) is 20.5. The zero-order valence-electron chi connectivity index (χ0n) is 15.5. The number of nitrogens with zero attached hydrogens (tertiary/aromatic N) is 4. The highest BCUT2D eigenvalue weighted by molar-refractivity contribution is 5.94. The minimum absolute atomic E-state index is 0.223.